The molecule has 0 bridgehead atoms. The standard InChI is InChI=1S/C18H34N4O7S/c1-8(2)12(16(26)22-14(10(4)24)18(28)29)20-17(27)13(9(3)23)21-15(25)11(19)6-7-30-5/h8-14,23-24H,6-7,19H2,1-5H3,(H,20,27)(H,21,25)(H,22,26)(H,28,29). The van der Waals surface area contributed by atoms with E-state index in [1.807, 2.05) is 6.26 Å². The second kappa shape index (κ2) is 13.4. The minimum atomic E-state index is -1.56. The molecule has 0 saturated heterocycles. The molecule has 0 aromatic heterocycles. The average Bonchev–Trinajstić information content (AvgIpc) is 2.64. The van der Waals surface area contributed by atoms with Crippen LogP contribution in [0.3, 0.4) is 0 Å². The molecule has 174 valence electrons. The van der Waals surface area contributed by atoms with E-state index >= 15 is 0 Å². The Morgan fingerprint density at radius 2 is 1.27 bits per heavy atom. The highest BCUT2D eigenvalue weighted by molar-refractivity contribution is 7.98. The number of carbonyl (C=O) groups excluding carboxylic acids is 3. The number of aliphatic hydroxyl groups is 2. The van der Waals surface area contributed by atoms with Crippen LogP contribution in [0.25, 0.3) is 0 Å². The van der Waals surface area contributed by atoms with Crippen LogP contribution < -0.4 is 21.7 Å². The van der Waals surface area contributed by atoms with Crippen LogP contribution in [0.15, 0.2) is 0 Å². The monoisotopic (exact) mass is 450 g/mol. The third-order valence-corrected chi connectivity index (χ3v) is 4.97. The smallest absolute Gasteiger partial charge is 0.328 e. The number of carboxylic acid groups (broad SMARTS) is 1. The summed E-state index contributed by atoms with van der Waals surface area (Å²) in [6.45, 7) is 5.76. The molecule has 0 spiro atoms. The number of hydrogen-bond acceptors (Lipinski definition) is 8. The Kier molecular flexibility index (Phi) is 12.6. The van der Waals surface area contributed by atoms with Crippen molar-refractivity contribution in [3.63, 3.8) is 0 Å². The number of thioether (sulfide) groups is 1. The fourth-order valence-electron chi connectivity index (χ4n) is 2.45. The van der Waals surface area contributed by atoms with Gasteiger partial charge in [0.2, 0.25) is 17.7 Å². The second-order valence-electron chi connectivity index (χ2n) is 7.41. The highest BCUT2D eigenvalue weighted by Gasteiger charge is 2.34. The summed E-state index contributed by atoms with van der Waals surface area (Å²) < 4.78 is 0. The summed E-state index contributed by atoms with van der Waals surface area (Å²) >= 11 is 1.51. The Bertz CT molecular complexity index is 601. The quantitative estimate of drug-likeness (QED) is 0.167. The molecule has 0 aromatic carbocycles. The van der Waals surface area contributed by atoms with E-state index in [9.17, 15) is 29.4 Å². The van der Waals surface area contributed by atoms with E-state index in [0.717, 1.165) is 0 Å². The number of carbonyl (C=O) groups is 4. The van der Waals surface area contributed by atoms with Crippen molar-refractivity contribution < 1.29 is 34.5 Å². The number of carboxylic acids is 1. The number of hydrogen-bond donors (Lipinski definition) is 7. The van der Waals surface area contributed by atoms with Gasteiger partial charge in [0, 0.05) is 0 Å². The molecular weight excluding hydrogens is 416 g/mol. The summed E-state index contributed by atoms with van der Waals surface area (Å²) in [6.07, 6.45) is -0.391. The third kappa shape index (κ3) is 9.28. The molecule has 11 nitrogen and oxygen atoms in total. The molecule has 0 aliphatic rings. The fourth-order valence-corrected chi connectivity index (χ4v) is 2.94. The van der Waals surface area contributed by atoms with Crippen LogP contribution in [0.4, 0.5) is 0 Å². The number of amides is 3. The summed E-state index contributed by atoms with van der Waals surface area (Å²) in [7, 11) is 0. The molecular formula is C18H34N4O7S. The Balaban J connectivity index is 5.29. The molecule has 0 aliphatic heterocycles. The van der Waals surface area contributed by atoms with Crippen molar-refractivity contribution in [2.45, 2.75) is 70.5 Å². The molecule has 3 amide bonds. The summed E-state index contributed by atoms with van der Waals surface area (Å²) in [5.74, 6) is -3.50. The van der Waals surface area contributed by atoms with Crippen LogP contribution in [0.1, 0.15) is 34.1 Å². The first kappa shape index (κ1) is 28.1. The highest BCUT2D eigenvalue weighted by Crippen LogP contribution is 2.06. The molecule has 0 saturated carbocycles. The van der Waals surface area contributed by atoms with Gasteiger partial charge in [-0.1, -0.05) is 13.8 Å². The number of nitrogens with one attached hydrogen (secondary N) is 3. The maximum Gasteiger partial charge on any atom is 0.328 e. The van der Waals surface area contributed by atoms with Gasteiger partial charge in [0.25, 0.3) is 0 Å². The van der Waals surface area contributed by atoms with Gasteiger partial charge in [-0.15, -0.1) is 0 Å². The molecule has 0 aliphatic carbocycles. The lowest BCUT2D eigenvalue weighted by atomic mass is 10.0. The average molecular weight is 451 g/mol. The molecule has 8 N–H and O–H groups in total. The Labute approximate surface area is 180 Å². The molecule has 30 heavy (non-hydrogen) atoms. The lowest BCUT2D eigenvalue weighted by Crippen LogP contribution is -2.61. The van der Waals surface area contributed by atoms with Crippen molar-refractivity contribution >= 4 is 35.5 Å². The zero-order valence-electron chi connectivity index (χ0n) is 17.9. The minimum absolute atomic E-state index is 0.383. The van der Waals surface area contributed by atoms with Crippen LogP contribution in [-0.2, 0) is 19.2 Å². The molecule has 0 heterocycles. The van der Waals surface area contributed by atoms with Crippen LogP contribution in [0, 0.1) is 5.92 Å². The zero-order chi connectivity index (χ0) is 23.6. The van der Waals surface area contributed by atoms with Crippen molar-refractivity contribution in [3.05, 3.63) is 0 Å². The zero-order valence-corrected chi connectivity index (χ0v) is 18.7. The minimum Gasteiger partial charge on any atom is -0.480 e. The second-order valence-corrected chi connectivity index (χ2v) is 8.40. The molecule has 0 radical (unpaired) electrons. The van der Waals surface area contributed by atoms with E-state index in [1.54, 1.807) is 13.8 Å². The van der Waals surface area contributed by atoms with E-state index < -0.39 is 66.0 Å². The molecule has 0 aromatic rings. The number of aliphatic hydroxyl groups excluding tert-OH is 2. The summed E-state index contributed by atoms with van der Waals surface area (Å²) in [4.78, 5) is 48.6. The van der Waals surface area contributed by atoms with Crippen LogP contribution in [0.5, 0.6) is 0 Å². The van der Waals surface area contributed by atoms with Crippen molar-refractivity contribution in [2.75, 3.05) is 12.0 Å². The van der Waals surface area contributed by atoms with Gasteiger partial charge in [-0.2, -0.15) is 11.8 Å². The molecule has 6 unspecified atom stereocenters. The van der Waals surface area contributed by atoms with Gasteiger partial charge >= 0.3 is 5.97 Å². The van der Waals surface area contributed by atoms with Crippen LogP contribution in [0.2, 0.25) is 0 Å². The summed E-state index contributed by atoms with van der Waals surface area (Å²) in [5.41, 5.74) is 5.78. The summed E-state index contributed by atoms with van der Waals surface area (Å²) in [6, 6.07) is -4.95. The lowest BCUT2D eigenvalue weighted by Gasteiger charge is -2.28. The highest BCUT2D eigenvalue weighted by atomic mass is 32.2. The summed E-state index contributed by atoms with van der Waals surface area (Å²) in [5, 5.41) is 35.6. The number of aliphatic carboxylic acids is 1. The van der Waals surface area contributed by atoms with E-state index in [-0.39, 0.29) is 0 Å². The van der Waals surface area contributed by atoms with Crippen molar-refractivity contribution in [2.24, 2.45) is 11.7 Å². The first-order valence-electron chi connectivity index (χ1n) is 9.58. The van der Waals surface area contributed by atoms with E-state index in [2.05, 4.69) is 16.0 Å². The van der Waals surface area contributed by atoms with Crippen molar-refractivity contribution in [1.82, 2.24) is 16.0 Å². The van der Waals surface area contributed by atoms with E-state index in [0.29, 0.717) is 12.2 Å². The Morgan fingerprint density at radius 3 is 1.67 bits per heavy atom. The maximum atomic E-state index is 12.7. The van der Waals surface area contributed by atoms with Gasteiger partial charge in [-0.25, -0.2) is 4.79 Å². The Morgan fingerprint density at radius 1 is 0.833 bits per heavy atom. The topological polar surface area (TPSA) is 191 Å². The Hall–Kier alpha value is -1.89. The third-order valence-electron chi connectivity index (χ3n) is 4.33. The van der Waals surface area contributed by atoms with Gasteiger partial charge in [0.05, 0.1) is 18.2 Å². The first-order valence-corrected chi connectivity index (χ1v) is 11.0. The predicted octanol–water partition coefficient (Wildman–Crippen LogP) is -1.98. The molecule has 0 rings (SSSR count). The van der Waals surface area contributed by atoms with Crippen LogP contribution in [-0.4, -0.2) is 87.4 Å². The van der Waals surface area contributed by atoms with Gasteiger partial charge in [0.15, 0.2) is 6.04 Å². The van der Waals surface area contributed by atoms with Crippen molar-refractivity contribution in [3.8, 4) is 0 Å². The van der Waals surface area contributed by atoms with Crippen molar-refractivity contribution in [1.29, 1.82) is 0 Å². The van der Waals surface area contributed by atoms with E-state index in [1.165, 1.54) is 25.6 Å². The number of nitrogens with two attached hydrogens (primary N) is 1. The molecule has 0 fully saturated rings. The SMILES string of the molecule is CSCCC(N)C(=O)NC(C(=O)NC(C(=O)NC(C(=O)O)C(C)O)C(C)C)C(C)O. The molecule has 12 heteroatoms. The number of rotatable bonds is 13. The van der Waals surface area contributed by atoms with Gasteiger partial charge in [-0.05, 0) is 38.2 Å². The van der Waals surface area contributed by atoms with Gasteiger partial charge < -0.3 is 37.0 Å². The maximum absolute atomic E-state index is 12.7. The lowest BCUT2D eigenvalue weighted by molar-refractivity contribution is -0.145. The van der Waals surface area contributed by atoms with E-state index in [4.69, 9.17) is 10.8 Å². The largest absolute Gasteiger partial charge is 0.480 e. The predicted molar refractivity (Wildman–Crippen MR) is 113 cm³/mol. The fraction of sp³-hybridized carbons (Fsp3) is 0.778. The van der Waals surface area contributed by atoms with Gasteiger partial charge in [0.1, 0.15) is 12.1 Å². The normalized spacial score (nSPS) is 17.2. The molecule has 6 atom stereocenters. The van der Waals surface area contributed by atoms with Gasteiger partial charge in [-0.3, -0.25) is 14.4 Å². The first-order chi connectivity index (χ1) is 13.8. The van der Waals surface area contributed by atoms with Crippen LogP contribution >= 0.6 is 11.8 Å².